The third-order valence-electron chi connectivity index (χ3n) is 2.80. The molecule has 0 aliphatic carbocycles. The van der Waals surface area contributed by atoms with Gasteiger partial charge in [0.1, 0.15) is 5.82 Å². The van der Waals surface area contributed by atoms with E-state index in [2.05, 4.69) is 0 Å². The summed E-state index contributed by atoms with van der Waals surface area (Å²) in [6.07, 6.45) is 0. The van der Waals surface area contributed by atoms with Gasteiger partial charge in [-0.2, -0.15) is 11.3 Å². The SMILES string of the molecule is Cc1cscc1C(=O)c1cc(C)c(F)c(C)c1. The number of benzene rings is 1. The zero-order valence-electron chi connectivity index (χ0n) is 10.0. The van der Waals surface area contributed by atoms with E-state index >= 15 is 0 Å². The van der Waals surface area contributed by atoms with Crippen molar-refractivity contribution in [3.05, 3.63) is 56.5 Å². The third kappa shape index (κ3) is 2.15. The van der Waals surface area contributed by atoms with Crippen LogP contribution in [0.25, 0.3) is 0 Å². The van der Waals surface area contributed by atoms with E-state index in [-0.39, 0.29) is 11.6 Å². The summed E-state index contributed by atoms with van der Waals surface area (Å²) in [4.78, 5) is 12.2. The number of thiophene rings is 1. The Morgan fingerprint density at radius 1 is 1.06 bits per heavy atom. The Kier molecular flexibility index (Phi) is 3.11. The molecule has 0 unspecified atom stereocenters. The van der Waals surface area contributed by atoms with Crippen molar-refractivity contribution in [2.24, 2.45) is 0 Å². The Labute approximate surface area is 104 Å². The van der Waals surface area contributed by atoms with E-state index in [1.54, 1.807) is 26.0 Å². The highest BCUT2D eigenvalue weighted by atomic mass is 32.1. The van der Waals surface area contributed by atoms with Crippen LogP contribution in [0.2, 0.25) is 0 Å². The quantitative estimate of drug-likeness (QED) is 0.733. The summed E-state index contributed by atoms with van der Waals surface area (Å²) in [6, 6.07) is 3.23. The van der Waals surface area contributed by atoms with Gasteiger partial charge in [0.15, 0.2) is 5.78 Å². The molecule has 1 aromatic carbocycles. The zero-order valence-corrected chi connectivity index (χ0v) is 10.8. The van der Waals surface area contributed by atoms with Crippen molar-refractivity contribution in [1.29, 1.82) is 0 Å². The molecule has 0 fully saturated rings. The molecule has 0 spiro atoms. The molecule has 88 valence electrons. The number of ketones is 1. The van der Waals surface area contributed by atoms with Crippen LogP contribution < -0.4 is 0 Å². The molecule has 0 saturated carbocycles. The fourth-order valence-electron chi connectivity index (χ4n) is 1.83. The van der Waals surface area contributed by atoms with Crippen molar-refractivity contribution in [3.8, 4) is 0 Å². The Bertz CT molecular complexity index is 561. The van der Waals surface area contributed by atoms with Crippen LogP contribution in [-0.4, -0.2) is 5.78 Å². The second-order valence-corrected chi connectivity index (χ2v) is 4.97. The van der Waals surface area contributed by atoms with Gasteiger partial charge in [0.25, 0.3) is 0 Å². The van der Waals surface area contributed by atoms with E-state index in [4.69, 9.17) is 0 Å². The number of hydrogen-bond acceptors (Lipinski definition) is 2. The molecular weight excluding hydrogens is 235 g/mol. The number of carbonyl (C=O) groups is 1. The second-order valence-electron chi connectivity index (χ2n) is 4.22. The first-order chi connectivity index (χ1) is 8.00. The van der Waals surface area contributed by atoms with Gasteiger partial charge in [-0.15, -0.1) is 0 Å². The van der Waals surface area contributed by atoms with Crippen LogP contribution in [0.3, 0.4) is 0 Å². The Morgan fingerprint density at radius 3 is 2.12 bits per heavy atom. The Hall–Kier alpha value is -1.48. The molecule has 2 aromatic rings. The molecule has 0 aliphatic rings. The lowest BCUT2D eigenvalue weighted by Crippen LogP contribution is -2.04. The average molecular weight is 248 g/mol. The van der Waals surface area contributed by atoms with Crippen molar-refractivity contribution in [2.45, 2.75) is 20.8 Å². The van der Waals surface area contributed by atoms with Gasteiger partial charge < -0.3 is 0 Å². The van der Waals surface area contributed by atoms with Gasteiger partial charge in [0, 0.05) is 16.5 Å². The van der Waals surface area contributed by atoms with Crippen LogP contribution in [0, 0.1) is 26.6 Å². The minimum Gasteiger partial charge on any atom is -0.289 e. The lowest BCUT2D eigenvalue weighted by molar-refractivity contribution is 0.103. The lowest BCUT2D eigenvalue weighted by atomic mass is 9.99. The number of hydrogen-bond donors (Lipinski definition) is 0. The number of carbonyl (C=O) groups excluding carboxylic acids is 1. The average Bonchev–Trinajstić information content (AvgIpc) is 2.70. The van der Waals surface area contributed by atoms with E-state index in [9.17, 15) is 9.18 Å². The van der Waals surface area contributed by atoms with Crippen LogP contribution in [0.5, 0.6) is 0 Å². The first kappa shape index (κ1) is 12.0. The van der Waals surface area contributed by atoms with E-state index in [1.807, 2.05) is 17.7 Å². The number of rotatable bonds is 2. The van der Waals surface area contributed by atoms with Crippen molar-refractivity contribution in [1.82, 2.24) is 0 Å². The van der Waals surface area contributed by atoms with Gasteiger partial charge in [-0.1, -0.05) is 0 Å². The molecule has 0 radical (unpaired) electrons. The highest BCUT2D eigenvalue weighted by molar-refractivity contribution is 7.08. The number of aryl methyl sites for hydroxylation is 3. The highest BCUT2D eigenvalue weighted by Crippen LogP contribution is 2.21. The normalized spacial score (nSPS) is 10.6. The fourth-order valence-corrected chi connectivity index (χ4v) is 2.65. The molecule has 1 aromatic heterocycles. The summed E-state index contributed by atoms with van der Waals surface area (Å²) >= 11 is 1.51. The van der Waals surface area contributed by atoms with Crippen LogP contribution >= 0.6 is 11.3 Å². The first-order valence-electron chi connectivity index (χ1n) is 5.35. The molecule has 0 bridgehead atoms. The van der Waals surface area contributed by atoms with Crippen molar-refractivity contribution < 1.29 is 9.18 Å². The van der Waals surface area contributed by atoms with E-state index < -0.39 is 0 Å². The van der Waals surface area contributed by atoms with Gasteiger partial charge in [-0.05, 0) is 55.0 Å². The summed E-state index contributed by atoms with van der Waals surface area (Å²) in [5.41, 5.74) is 3.27. The molecule has 0 N–H and O–H groups in total. The molecule has 3 heteroatoms. The maximum Gasteiger partial charge on any atom is 0.194 e. The first-order valence-corrected chi connectivity index (χ1v) is 6.29. The summed E-state index contributed by atoms with van der Waals surface area (Å²) in [5, 5.41) is 3.78. The minimum atomic E-state index is -0.233. The van der Waals surface area contributed by atoms with Gasteiger partial charge in [0.05, 0.1) is 0 Å². The highest BCUT2D eigenvalue weighted by Gasteiger charge is 2.15. The smallest absolute Gasteiger partial charge is 0.194 e. The standard InChI is InChI=1S/C14H13FOS/c1-8-4-11(5-9(2)13(8)15)14(16)12-7-17-6-10(12)3/h4-7H,1-3H3. The summed E-state index contributed by atoms with van der Waals surface area (Å²) in [7, 11) is 0. The topological polar surface area (TPSA) is 17.1 Å². The summed E-state index contributed by atoms with van der Waals surface area (Å²) < 4.78 is 13.5. The van der Waals surface area contributed by atoms with Crippen LogP contribution in [0.15, 0.2) is 22.9 Å². The largest absolute Gasteiger partial charge is 0.289 e. The molecule has 0 aliphatic heterocycles. The fraction of sp³-hybridized carbons (Fsp3) is 0.214. The molecule has 0 amide bonds. The minimum absolute atomic E-state index is 0.0325. The summed E-state index contributed by atoms with van der Waals surface area (Å²) in [5.74, 6) is -0.265. The van der Waals surface area contributed by atoms with Gasteiger partial charge >= 0.3 is 0 Å². The predicted octanol–water partition coefficient (Wildman–Crippen LogP) is 4.04. The second kappa shape index (κ2) is 4.41. The lowest BCUT2D eigenvalue weighted by Gasteiger charge is -2.06. The van der Waals surface area contributed by atoms with Crippen molar-refractivity contribution in [3.63, 3.8) is 0 Å². The van der Waals surface area contributed by atoms with Crippen molar-refractivity contribution in [2.75, 3.05) is 0 Å². The van der Waals surface area contributed by atoms with Crippen molar-refractivity contribution >= 4 is 17.1 Å². The van der Waals surface area contributed by atoms with Gasteiger partial charge in [-0.25, -0.2) is 4.39 Å². The summed E-state index contributed by atoms with van der Waals surface area (Å²) in [6.45, 7) is 5.27. The van der Waals surface area contributed by atoms with Crippen LogP contribution in [0.1, 0.15) is 32.6 Å². The molecule has 17 heavy (non-hydrogen) atoms. The van der Waals surface area contributed by atoms with Crippen LogP contribution in [-0.2, 0) is 0 Å². The monoisotopic (exact) mass is 248 g/mol. The molecular formula is C14H13FOS. The van der Waals surface area contributed by atoms with E-state index in [1.165, 1.54) is 11.3 Å². The Morgan fingerprint density at radius 2 is 1.65 bits per heavy atom. The third-order valence-corrected chi connectivity index (χ3v) is 3.66. The maximum absolute atomic E-state index is 13.5. The Balaban J connectivity index is 2.49. The molecule has 2 rings (SSSR count). The maximum atomic E-state index is 13.5. The molecule has 0 saturated heterocycles. The predicted molar refractivity (Wildman–Crippen MR) is 68.4 cm³/mol. The molecule has 0 atom stereocenters. The van der Waals surface area contributed by atoms with E-state index in [0.717, 1.165) is 5.56 Å². The van der Waals surface area contributed by atoms with Gasteiger partial charge in [-0.3, -0.25) is 4.79 Å². The zero-order chi connectivity index (χ0) is 12.6. The molecule has 1 heterocycles. The number of halogens is 1. The molecule has 1 nitrogen and oxygen atoms in total. The van der Waals surface area contributed by atoms with Gasteiger partial charge in [0.2, 0.25) is 0 Å². The van der Waals surface area contributed by atoms with E-state index in [0.29, 0.717) is 22.3 Å². The van der Waals surface area contributed by atoms with Crippen LogP contribution in [0.4, 0.5) is 4.39 Å².